The molecule has 394 valence electrons. The molecule has 4 aromatic rings. The third-order valence-electron chi connectivity index (χ3n) is 12.6. The molecule has 0 bridgehead atoms. The highest BCUT2D eigenvalue weighted by molar-refractivity contribution is 7.99. The van der Waals surface area contributed by atoms with E-state index in [4.69, 9.17) is 18.9 Å². The van der Waals surface area contributed by atoms with E-state index in [1.165, 1.54) is 167 Å². The van der Waals surface area contributed by atoms with E-state index in [2.05, 4.69) is 76.2 Å². The SMILES string of the molecule is CCCCCCCCCSc1ccc(-c2ccc(O[C@H](C)C(=O)OCCCCCCCC)cc2)cc1.CCCCCCCCOC(=O)[C@@H](C)Oc1ccc(-c2ccc(SCCCCCCCC)cc2)cc1. The molecule has 4 rings (SSSR count). The van der Waals surface area contributed by atoms with Gasteiger partial charge in [0.15, 0.2) is 12.2 Å². The van der Waals surface area contributed by atoms with Gasteiger partial charge in [-0.3, -0.25) is 0 Å². The van der Waals surface area contributed by atoms with E-state index in [0.29, 0.717) is 24.7 Å². The second kappa shape index (κ2) is 40.6. The average Bonchev–Trinajstić information content (AvgIpc) is 3.39. The van der Waals surface area contributed by atoms with E-state index in [1.807, 2.05) is 72.1 Å². The third kappa shape index (κ3) is 28.8. The van der Waals surface area contributed by atoms with Crippen LogP contribution in [0.5, 0.6) is 11.5 Å². The van der Waals surface area contributed by atoms with Crippen LogP contribution in [0.25, 0.3) is 22.3 Å². The molecular formula is C63H94O6S2. The Balaban J connectivity index is 0.000000375. The number of thioether (sulfide) groups is 2. The maximum absolute atomic E-state index is 12.2. The van der Waals surface area contributed by atoms with Gasteiger partial charge in [-0.2, -0.15) is 0 Å². The summed E-state index contributed by atoms with van der Waals surface area (Å²) in [5.74, 6) is 3.16. The maximum atomic E-state index is 12.2. The van der Waals surface area contributed by atoms with Crippen molar-refractivity contribution in [2.75, 3.05) is 24.7 Å². The highest BCUT2D eigenvalue weighted by Gasteiger charge is 2.17. The van der Waals surface area contributed by atoms with Gasteiger partial charge >= 0.3 is 11.9 Å². The van der Waals surface area contributed by atoms with Crippen molar-refractivity contribution in [2.45, 2.75) is 224 Å². The summed E-state index contributed by atoms with van der Waals surface area (Å²) in [7, 11) is 0. The number of ether oxygens (including phenoxy) is 4. The molecule has 0 aliphatic carbocycles. The highest BCUT2D eigenvalue weighted by atomic mass is 32.2. The molecule has 2 atom stereocenters. The normalized spacial score (nSPS) is 11.9. The Hall–Kier alpha value is -3.88. The predicted molar refractivity (Wildman–Crippen MR) is 305 cm³/mol. The molecule has 4 aromatic carbocycles. The number of unbranched alkanes of at least 4 members (excludes halogenated alkanes) is 21. The Morgan fingerprint density at radius 1 is 0.352 bits per heavy atom. The Morgan fingerprint density at radius 3 is 0.901 bits per heavy atom. The summed E-state index contributed by atoms with van der Waals surface area (Å²) < 4.78 is 22.4. The van der Waals surface area contributed by atoms with Gasteiger partial charge < -0.3 is 18.9 Å². The van der Waals surface area contributed by atoms with Crippen molar-refractivity contribution in [3.05, 3.63) is 97.1 Å². The van der Waals surface area contributed by atoms with E-state index in [-0.39, 0.29) is 11.9 Å². The zero-order valence-corrected chi connectivity index (χ0v) is 46.8. The lowest BCUT2D eigenvalue weighted by atomic mass is 10.1. The van der Waals surface area contributed by atoms with E-state index in [0.717, 1.165) is 36.8 Å². The van der Waals surface area contributed by atoms with Crippen LogP contribution >= 0.6 is 23.5 Å². The smallest absolute Gasteiger partial charge is 0.347 e. The monoisotopic (exact) mass is 1010 g/mol. The topological polar surface area (TPSA) is 71.1 Å². The van der Waals surface area contributed by atoms with Crippen LogP contribution in [-0.2, 0) is 19.1 Å². The van der Waals surface area contributed by atoms with Gasteiger partial charge in [-0.25, -0.2) is 9.59 Å². The van der Waals surface area contributed by atoms with Gasteiger partial charge in [0, 0.05) is 9.79 Å². The Kier molecular flexibility index (Phi) is 35.1. The Bertz CT molecular complexity index is 1900. The van der Waals surface area contributed by atoms with Crippen molar-refractivity contribution >= 4 is 35.5 Å². The molecule has 0 amide bonds. The van der Waals surface area contributed by atoms with E-state index in [1.54, 1.807) is 13.8 Å². The molecule has 0 radical (unpaired) electrons. The summed E-state index contributed by atoms with van der Waals surface area (Å²) in [6, 6.07) is 33.5. The molecule has 0 fully saturated rings. The summed E-state index contributed by atoms with van der Waals surface area (Å²) in [5.41, 5.74) is 4.66. The molecule has 0 aliphatic heterocycles. The van der Waals surface area contributed by atoms with E-state index >= 15 is 0 Å². The van der Waals surface area contributed by atoms with Crippen LogP contribution in [0, 0.1) is 0 Å². The van der Waals surface area contributed by atoms with Crippen molar-refractivity contribution in [1.29, 1.82) is 0 Å². The highest BCUT2D eigenvalue weighted by Crippen LogP contribution is 2.29. The quantitative estimate of drug-likeness (QED) is 0.0249. The van der Waals surface area contributed by atoms with Crippen molar-refractivity contribution in [3.63, 3.8) is 0 Å². The van der Waals surface area contributed by atoms with Gasteiger partial charge in [0.05, 0.1) is 13.2 Å². The van der Waals surface area contributed by atoms with Crippen molar-refractivity contribution in [3.8, 4) is 33.8 Å². The number of esters is 2. The number of carbonyl (C=O) groups excluding carboxylic acids is 2. The first-order valence-corrected chi connectivity index (χ1v) is 30.1. The first kappa shape index (κ1) is 61.4. The zero-order valence-electron chi connectivity index (χ0n) is 45.2. The van der Waals surface area contributed by atoms with Gasteiger partial charge in [-0.15, -0.1) is 23.5 Å². The van der Waals surface area contributed by atoms with Gasteiger partial charge in [0.1, 0.15) is 11.5 Å². The zero-order chi connectivity index (χ0) is 51.0. The van der Waals surface area contributed by atoms with Crippen LogP contribution in [-0.4, -0.2) is 48.9 Å². The van der Waals surface area contributed by atoms with E-state index in [9.17, 15) is 9.59 Å². The average molecular weight is 1010 g/mol. The summed E-state index contributed by atoms with van der Waals surface area (Å²) in [6.45, 7) is 13.4. The van der Waals surface area contributed by atoms with E-state index < -0.39 is 12.2 Å². The summed E-state index contributed by atoms with van der Waals surface area (Å²) in [5, 5.41) is 0. The fourth-order valence-electron chi connectivity index (χ4n) is 8.11. The molecule has 71 heavy (non-hydrogen) atoms. The number of benzene rings is 4. The molecule has 0 saturated heterocycles. The largest absolute Gasteiger partial charge is 0.479 e. The standard InChI is InChI=1S/C32H48O3S.C31H46O3S/c1-4-6-8-10-12-14-16-26-36-31-23-19-29(20-24-31)28-17-21-30(22-18-28)35-27(3)32(33)34-25-15-13-11-9-7-5-2;1-4-6-8-10-12-14-24-33-31(32)26(3)34-29-20-16-27(17-21-29)28-18-22-30(23-19-28)35-25-15-13-11-9-7-5-2/h17-24,27H,4-16,25-26H2,1-3H3;16-23,26H,4-15,24-25H2,1-3H3/t27-;26-/m11/s1. The molecule has 0 spiro atoms. The lowest BCUT2D eigenvalue weighted by Crippen LogP contribution is -2.26. The Morgan fingerprint density at radius 2 is 0.606 bits per heavy atom. The molecule has 0 aliphatic rings. The number of rotatable bonds is 39. The maximum Gasteiger partial charge on any atom is 0.347 e. The molecule has 0 N–H and O–H groups in total. The lowest BCUT2D eigenvalue weighted by Gasteiger charge is -2.14. The minimum atomic E-state index is -0.608. The van der Waals surface area contributed by atoms with Crippen molar-refractivity contribution in [2.24, 2.45) is 0 Å². The fourth-order valence-corrected chi connectivity index (χ4v) is 9.94. The number of carbonyl (C=O) groups is 2. The molecule has 8 heteroatoms. The molecular weight excluding hydrogens is 917 g/mol. The summed E-state index contributed by atoms with van der Waals surface area (Å²) in [6.07, 6.45) is 30.4. The van der Waals surface area contributed by atoms with Crippen LogP contribution in [0.1, 0.15) is 202 Å². The van der Waals surface area contributed by atoms with Crippen LogP contribution in [0.2, 0.25) is 0 Å². The number of hydrogen-bond donors (Lipinski definition) is 0. The molecule has 0 unspecified atom stereocenters. The molecule has 0 heterocycles. The lowest BCUT2D eigenvalue weighted by molar-refractivity contribution is -0.152. The molecule has 6 nitrogen and oxygen atoms in total. The van der Waals surface area contributed by atoms with Crippen molar-refractivity contribution in [1.82, 2.24) is 0 Å². The van der Waals surface area contributed by atoms with Crippen LogP contribution < -0.4 is 9.47 Å². The minimum absolute atomic E-state index is 0.294. The Labute approximate surface area is 441 Å². The fraction of sp³-hybridized carbons (Fsp3) is 0.587. The molecule has 0 aromatic heterocycles. The van der Waals surface area contributed by atoms with Gasteiger partial charge in [0.25, 0.3) is 0 Å². The third-order valence-corrected chi connectivity index (χ3v) is 14.8. The van der Waals surface area contributed by atoms with Gasteiger partial charge in [-0.05, 0) is 122 Å². The van der Waals surface area contributed by atoms with Crippen LogP contribution in [0.15, 0.2) is 107 Å². The van der Waals surface area contributed by atoms with Gasteiger partial charge in [-0.1, -0.05) is 211 Å². The summed E-state index contributed by atoms with van der Waals surface area (Å²) >= 11 is 3.90. The second-order valence-corrected chi connectivity index (χ2v) is 21.4. The second-order valence-electron chi connectivity index (χ2n) is 19.1. The summed E-state index contributed by atoms with van der Waals surface area (Å²) in [4.78, 5) is 27.1. The minimum Gasteiger partial charge on any atom is -0.479 e. The predicted octanol–water partition coefficient (Wildman–Crippen LogP) is 19.3. The van der Waals surface area contributed by atoms with Crippen LogP contribution in [0.3, 0.4) is 0 Å². The molecule has 0 saturated carbocycles. The van der Waals surface area contributed by atoms with Gasteiger partial charge in [0.2, 0.25) is 0 Å². The first-order valence-electron chi connectivity index (χ1n) is 28.1. The number of hydrogen-bond acceptors (Lipinski definition) is 8. The first-order chi connectivity index (χ1) is 34.8. The van der Waals surface area contributed by atoms with Crippen molar-refractivity contribution < 1.29 is 28.5 Å². The van der Waals surface area contributed by atoms with Crippen LogP contribution in [0.4, 0.5) is 0 Å².